The van der Waals surface area contributed by atoms with E-state index in [1.807, 2.05) is 9.47 Å². The monoisotopic (exact) mass is 399 g/mol. The number of amides is 2. The molecule has 154 valence electrons. The van der Waals surface area contributed by atoms with E-state index in [1.165, 1.54) is 12.1 Å². The SMILES string of the molecule is CCN1CCN(C(=O)c2nc(C(=O)Nc3cccc(F)c3)c3n2CCCC3)CC1. The second-order valence-electron chi connectivity index (χ2n) is 7.53. The third kappa shape index (κ3) is 4.03. The first kappa shape index (κ1) is 19.6. The van der Waals surface area contributed by atoms with Crippen LogP contribution in [0.5, 0.6) is 0 Å². The first-order chi connectivity index (χ1) is 14.1. The van der Waals surface area contributed by atoms with Crippen molar-refractivity contribution in [3.63, 3.8) is 0 Å². The Balaban J connectivity index is 1.58. The van der Waals surface area contributed by atoms with Crippen molar-refractivity contribution in [3.05, 3.63) is 47.3 Å². The van der Waals surface area contributed by atoms with Crippen molar-refractivity contribution in [2.24, 2.45) is 0 Å². The van der Waals surface area contributed by atoms with Crippen molar-refractivity contribution in [2.75, 3.05) is 38.0 Å². The number of halogens is 1. The Morgan fingerprint density at radius 1 is 1.14 bits per heavy atom. The van der Waals surface area contributed by atoms with E-state index in [9.17, 15) is 14.0 Å². The lowest BCUT2D eigenvalue weighted by Gasteiger charge is -2.34. The number of anilines is 1. The number of carbonyl (C=O) groups is 2. The highest BCUT2D eigenvalue weighted by atomic mass is 19.1. The Bertz CT molecular complexity index is 918. The number of fused-ring (bicyclic) bond motifs is 1. The summed E-state index contributed by atoms with van der Waals surface area (Å²) in [7, 11) is 0. The van der Waals surface area contributed by atoms with E-state index in [-0.39, 0.29) is 11.6 Å². The molecule has 3 heterocycles. The Labute approximate surface area is 169 Å². The molecule has 1 N–H and O–H groups in total. The molecule has 7 nitrogen and oxygen atoms in total. The van der Waals surface area contributed by atoms with Gasteiger partial charge in [-0.15, -0.1) is 0 Å². The highest BCUT2D eigenvalue weighted by molar-refractivity contribution is 6.05. The summed E-state index contributed by atoms with van der Waals surface area (Å²) in [5, 5.41) is 2.71. The molecule has 0 spiro atoms. The Morgan fingerprint density at radius 3 is 2.66 bits per heavy atom. The number of nitrogens with one attached hydrogen (secondary N) is 1. The number of imidazole rings is 1. The number of aromatic nitrogens is 2. The number of rotatable bonds is 4. The lowest BCUT2D eigenvalue weighted by Crippen LogP contribution is -2.49. The number of benzene rings is 1. The van der Waals surface area contributed by atoms with Crippen LogP contribution in [0.1, 0.15) is 46.6 Å². The molecular weight excluding hydrogens is 373 g/mol. The van der Waals surface area contributed by atoms with E-state index in [1.54, 1.807) is 12.1 Å². The molecule has 1 saturated heterocycles. The molecule has 2 aromatic rings. The quantitative estimate of drug-likeness (QED) is 0.857. The summed E-state index contributed by atoms with van der Waals surface area (Å²) in [6.07, 6.45) is 2.61. The van der Waals surface area contributed by atoms with E-state index in [4.69, 9.17) is 0 Å². The third-order valence-electron chi connectivity index (χ3n) is 5.71. The maximum Gasteiger partial charge on any atom is 0.289 e. The number of nitrogens with zero attached hydrogens (tertiary/aromatic N) is 4. The molecule has 2 amide bonds. The molecule has 0 aliphatic carbocycles. The van der Waals surface area contributed by atoms with Crippen molar-refractivity contribution in [3.8, 4) is 0 Å². The van der Waals surface area contributed by atoms with Crippen molar-refractivity contribution >= 4 is 17.5 Å². The van der Waals surface area contributed by atoms with Crippen LogP contribution in [0, 0.1) is 5.82 Å². The average Bonchev–Trinajstić information content (AvgIpc) is 3.13. The Hall–Kier alpha value is -2.74. The van der Waals surface area contributed by atoms with Gasteiger partial charge in [0.05, 0.1) is 5.69 Å². The van der Waals surface area contributed by atoms with E-state index >= 15 is 0 Å². The minimum absolute atomic E-state index is 0.117. The fraction of sp³-hybridized carbons (Fsp3) is 0.476. The molecule has 0 unspecified atom stereocenters. The van der Waals surface area contributed by atoms with Gasteiger partial charge in [-0.05, 0) is 44.0 Å². The molecule has 0 saturated carbocycles. The van der Waals surface area contributed by atoms with Crippen LogP contribution in [0.4, 0.5) is 10.1 Å². The van der Waals surface area contributed by atoms with Crippen molar-refractivity contribution in [2.45, 2.75) is 32.7 Å². The second kappa shape index (κ2) is 8.32. The lowest BCUT2D eigenvalue weighted by molar-refractivity contribution is 0.0625. The van der Waals surface area contributed by atoms with Crippen LogP contribution in [0.3, 0.4) is 0 Å². The van der Waals surface area contributed by atoms with Crippen LogP contribution in [-0.4, -0.2) is 63.9 Å². The molecular formula is C21H26FN5O2. The Kier molecular flexibility index (Phi) is 5.62. The molecule has 1 aromatic heterocycles. The summed E-state index contributed by atoms with van der Waals surface area (Å²) in [4.78, 5) is 34.6. The van der Waals surface area contributed by atoms with Gasteiger partial charge in [-0.3, -0.25) is 9.59 Å². The normalized spacial score (nSPS) is 17.1. The zero-order valence-corrected chi connectivity index (χ0v) is 16.7. The highest BCUT2D eigenvalue weighted by Crippen LogP contribution is 2.23. The van der Waals surface area contributed by atoms with Gasteiger partial charge in [-0.25, -0.2) is 9.37 Å². The zero-order chi connectivity index (χ0) is 20.4. The van der Waals surface area contributed by atoms with Gasteiger partial charge in [0.15, 0.2) is 11.5 Å². The largest absolute Gasteiger partial charge is 0.333 e. The molecule has 2 aliphatic heterocycles. The summed E-state index contributed by atoms with van der Waals surface area (Å²) in [6, 6.07) is 5.75. The number of likely N-dealkylation sites (N-methyl/N-ethyl adjacent to an activating group) is 1. The first-order valence-corrected chi connectivity index (χ1v) is 10.2. The van der Waals surface area contributed by atoms with Gasteiger partial charge in [0.1, 0.15) is 5.82 Å². The maximum atomic E-state index is 13.4. The second-order valence-corrected chi connectivity index (χ2v) is 7.53. The van der Waals surface area contributed by atoms with Crippen LogP contribution in [-0.2, 0) is 13.0 Å². The van der Waals surface area contributed by atoms with Crippen LogP contribution < -0.4 is 5.32 Å². The van der Waals surface area contributed by atoms with Gasteiger partial charge < -0.3 is 19.7 Å². The van der Waals surface area contributed by atoms with E-state index in [2.05, 4.69) is 22.1 Å². The van der Waals surface area contributed by atoms with Gasteiger partial charge in [0.25, 0.3) is 11.8 Å². The molecule has 2 aliphatic rings. The molecule has 1 fully saturated rings. The number of piperazine rings is 1. The third-order valence-corrected chi connectivity index (χ3v) is 5.71. The Morgan fingerprint density at radius 2 is 1.93 bits per heavy atom. The molecule has 29 heavy (non-hydrogen) atoms. The highest BCUT2D eigenvalue weighted by Gasteiger charge is 2.31. The predicted molar refractivity (Wildman–Crippen MR) is 108 cm³/mol. The lowest BCUT2D eigenvalue weighted by atomic mass is 10.1. The summed E-state index contributed by atoms with van der Waals surface area (Å²) < 4.78 is 15.3. The molecule has 4 rings (SSSR count). The van der Waals surface area contributed by atoms with Crippen LogP contribution >= 0.6 is 0 Å². The smallest absolute Gasteiger partial charge is 0.289 e. The van der Waals surface area contributed by atoms with E-state index in [0.29, 0.717) is 37.6 Å². The van der Waals surface area contributed by atoms with Gasteiger partial charge >= 0.3 is 0 Å². The average molecular weight is 399 g/mol. The van der Waals surface area contributed by atoms with Crippen LogP contribution in [0.2, 0.25) is 0 Å². The van der Waals surface area contributed by atoms with Gasteiger partial charge in [-0.1, -0.05) is 13.0 Å². The number of hydrogen-bond acceptors (Lipinski definition) is 4. The maximum absolute atomic E-state index is 13.4. The van der Waals surface area contributed by atoms with Gasteiger partial charge in [0.2, 0.25) is 0 Å². The number of hydrogen-bond donors (Lipinski definition) is 1. The molecule has 0 atom stereocenters. The summed E-state index contributed by atoms with van der Waals surface area (Å²) in [5.41, 5.74) is 1.43. The van der Waals surface area contributed by atoms with Crippen LogP contribution in [0.25, 0.3) is 0 Å². The number of carbonyl (C=O) groups excluding carboxylic acids is 2. The first-order valence-electron chi connectivity index (χ1n) is 10.2. The van der Waals surface area contributed by atoms with Crippen molar-refractivity contribution in [1.82, 2.24) is 19.4 Å². The standard InChI is InChI=1S/C21H26FN5O2/c1-2-25-10-12-26(13-11-25)21(29)19-24-18(17-8-3-4-9-27(17)19)20(28)23-16-7-5-6-15(22)14-16/h5-7,14H,2-4,8-13H2,1H3,(H,23,28). The van der Waals surface area contributed by atoms with Gasteiger partial charge in [-0.2, -0.15) is 0 Å². The topological polar surface area (TPSA) is 70.5 Å². The van der Waals surface area contributed by atoms with Gasteiger partial charge in [0, 0.05) is 38.4 Å². The van der Waals surface area contributed by atoms with Crippen LogP contribution in [0.15, 0.2) is 24.3 Å². The molecule has 8 heteroatoms. The van der Waals surface area contributed by atoms with E-state index in [0.717, 1.165) is 38.2 Å². The van der Waals surface area contributed by atoms with E-state index < -0.39 is 11.7 Å². The fourth-order valence-corrected chi connectivity index (χ4v) is 4.05. The minimum atomic E-state index is -0.420. The van der Waals surface area contributed by atoms with Crippen molar-refractivity contribution in [1.29, 1.82) is 0 Å². The van der Waals surface area contributed by atoms with Crippen molar-refractivity contribution < 1.29 is 14.0 Å². The zero-order valence-electron chi connectivity index (χ0n) is 16.7. The summed E-state index contributed by atoms with van der Waals surface area (Å²) in [6.45, 7) is 6.81. The fourth-order valence-electron chi connectivity index (χ4n) is 4.05. The predicted octanol–water partition coefficient (Wildman–Crippen LogP) is 2.39. The molecule has 1 aromatic carbocycles. The minimum Gasteiger partial charge on any atom is -0.333 e. The summed E-state index contributed by atoms with van der Waals surface area (Å²) >= 11 is 0. The summed E-state index contributed by atoms with van der Waals surface area (Å²) in [5.74, 6) is -0.601. The molecule has 0 radical (unpaired) electrons. The molecule has 0 bridgehead atoms.